The molecule has 0 fully saturated rings. The summed E-state index contributed by atoms with van der Waals surface area (Å²) in [5.41, 5.74) is 13.1. The number of rotatable bonds is 26. The van der Waals surface area contributed by atoms with Crippen molar-refractivity contribution in [2.45, 2.75) is 149 Å². The van der Waals surface area contributed by atoms with Gasteiger partial charge in [-0.15, -0.1) is 0 Å². The van der Waals surface area contributed by atoms with Crippen LogP contribution in [0, 0.1) is 23.7 Å². The number of aryl methyl sites for hydroxylation is 1. The molecule has 0 aliphatic rings. The van der Waals surface area contributed by atoms with Crippen LogP contribution in [0.5, 0.6) is 0 Å². The van der Waals surface area contributed by atoms with Gasteiger partial charge in [0.1, 0.15) is 5.60 Å². The Hall–Kier alpha value is -3.39. The highest BCUT2D eigenvalue weighted by Crippen LogP contribution is 2.32. The summed E-state index contributed by atoms with van der Waals surface area (Å²) < 4.78 is 11.8. The summed E-state index contributed by atoms with van der Waals surface area (Å²) in [6.45, 7) is 12.5. The molecular formula is C44H71N3O5. The second kappa shape index (κ2) is 24.0. The van der Waals surface area contributed by atoms with Gasteiger partial charge < -0.3 is 26.0 Å². The summed E-state index contributed by atoms with van der Waals surface area (Å²) in [5.74, 6) is -0.0443. The molecule has 0 aromatic heterocycles. The zero-order valence-electron chi connectivity index (χ0n) is 33.3. The number of unbranched alkanes of at least 4 members (excludes halogenated alkanes) is 1. The van der Waals surface area contributed by atoms with E-state index >= 15 is 0 Å². The van der Waals surface area contributed by atoms with Crippen LogP contribution in [-0.2, 0) is 31.9 Å². The fourth-order valence-corrected chi connectivity index (χ4v) is 6.87. The predicted molar refractivity (Wildman–Crippen MR) is 214 cm³/mol. The molecule has 0 aliphatic carbocycles. The lowest BCUT2D eigenvalue weighted by molar-refractivity contribution is -0.164. The number of carbonyl (C=O) groups is 2. The number of ether oxygens (including phenoxy) is 2. The first-order valence-corrected chi connectivity index (χ1v) is 19.8. The molecule has 2 aromatic carbocycles. The van der Waals surface area contributed by atoms with Crippen molar-refractivity contribution >= 4 is 17.9 Å². The second-order valence-electron chi connectivity index (χ2n) is 16.8. The van der Waals surface area contributed by atoms with E-state index in [1.807, 2.05) is 41.5 Å². The third kappa shape index (κ3) is 22.5. The molecule has 0 saturated carbocycles. The first-order valence-electron chi connectivity index (χ1n) is 19.8. The van der Waals surface area contributed by atoms with Crippen LogP contribution in [0.15, 0.2) is 65.7 Å². The topological polar surface area (TPSA) is 137 Å². The van der Waals surface area contributed by atoms with Crippen molar-refractivity contribution in [2.24, 2.45) is 40.1 Å². The Balaban J connectivity index is 2.13. The number of carboxylic acids is 1. The lowest BCUT2D eigenvalue weighted by atomic mass is 9.81. The number of nitrogens with zero attached hydrogens (tertiary/aromatic N) is 1. The Morgan fingerprint density at radius 2 is 1.21 bits per heavy atom. The molecule has 8 heteroatoms. The van der Waals surface area contributed by atoms with E-state index in [4.69, 9.17) is 20.9 Å². The highest BCUT2D eigenvalue weighted by atomic mass is 16.6. The van der Waals surface area contributed by atoms with Crippen LogP contribution in [0.2, 0.25) is 0 Å². The molecule has 292 valence electrons. The van der Waals surface area contributed by atoms with E-state index in [9.17, 15) is 14.7 Å². The van der Waals surface area contributed by atoms with Gasteiger partial charge in [0.25, 0.3) is 0 Å². The number of nitrogens with two attached hydrogens (primary N) is 2. The Bertz CT molecular complexity index is 1280. The highest BCUT2D eigenvalue weighted by molar-refractivity contribution is 5.75. The smallest absolute Gasteiger partial charge is 0.311 e. The molecule has 0 aliphatic heterocycles. The number of hydrogen-bond donors (Lipinski definition) is 3. The first kappa shape index (κ1) is 44.8. The minimum atomic E-state index is -0.783. The largest absolute Gasteiger partial charge is 0.481 e. The van der Waals surface area contributed by atoms with E-state index in [2.05, 4.69) is 65.7 Å². The molecule has 5 N–H and O–H groups in total. The van der Waals surface area contributed by atoms with Gasteiger partial charge in [-0.25, -0.2) is 0 Å². The molecule has 0 unspecified atom stereocenters. The summed E-state index contributed by atoms with van der Waals surface area (Å²) in [6.07, 6.45) is 14.0. The predicted octanol–water partition coefficient (Wildman–Crippen LogP) is 9.52. The average Bonchev–Trinajstić information content (AvgIpc) is 3.06. The van der Waals surface area contributed by atoms with E-state index in [1.165, 1.54) is 30.4 Å². The minimum absolute atomic E-state index is 0.123. The van der Waals surface area contributed by atoms with Crippen LogP contribution in [0.3, 0.4) is 0 Å². The average molecular weight is 722 g/mol. The lowest BCUT2D eigenvalue weighted by Gasteiger charge is -2.28. The Morgan fingerprint density at radius 1 is 0.673 bits per heavy atom. The summed E-state index contributed by atoms with van der Waals surface area (Å²) in [5, 5.41) is 9.59. The zero-order chi connectivity index (χ0) is 38.4. The molecule has 2 rings (SSSR count). The van der Waals surface area contributed by atoms with Gasteiger partial charge in [0.15, 0.2) is 5.96 Å². The minimum Gasteiger partial charge on any atom is -0.481 e. The molecular weight excluding hydrogens is 651 g/mol. The maximum Gasteiger partial charge on any atom is 0.311 e. The number of carbonyl (C=O) groups excluding carboxylic acids is 1. The normalized spacial score (nSPS) is 14.3. The number of aliphatic carboxylic acids is 1. The number of guanidine groups is 1. The number of hydrogen-bond acceptors (Lipinski definition) is 5. The van der Waals surface area contributed by atoms with E-state index < -0.39 is 17.5 Å². The number of benzene rings is 2. The lowest BCUT2D eigenvalue weighted by Crippen LogP contribution is -2.33. The maximum absolute atomic E-state index is 13.2. The van der Waals surface area contributed by atoms with E-state index in [1.54, 1.807) is 0 Å². The molecule has 4 atom stereocenters. The van der Waals surface area contributed by atoms with Gasteiger partial charge >= 0.3 is 11.9 Å². The van der Waals surface area contributed by atoms with Gasteiger partial charge in [-0.05, 0) is 128 Å². The summed E-state index contributed by atoms with van der Waals surface area (Å²) in [4.78, 5) is 29.2. The monoisotopic (exact) mass is 722 g/mol. The van der Waals surface area contributed by atoms with Crippen molar-refractivity contribution in [1.29, 1.82) is 0 Å². The molecule has 0 saturated heterocycles. The van der Waals surface area contributed by atoms with Gasteiger partial charge in [-0.1, -0.05) is 92.8 Å². The molecule has 0 amide bonds. The Labute approximate surface area is 315 Å². The van der Waals surface area contributed by atoms with Gasteiger partial charge in [-0.2, -0.15) is 0 Å². The quantitative estimate of drug-likeness (QED) is 0.0381. The van der Waals surface area contributed by atoms with Crippen LogP contribution in [0.1, 0.15) is 136 Å². The molecule has 8 nitrogen and oxygen atoms in total. The van der Waals surface area contributed by atoms with Gasteiger partial charge in [0, 0.05) is 13.0 Å². The molecule has 0 heterocycles. The Kier molecular flexibility index (Phi) is 20.7. The van der Waals surface area contributed by atoms with Crippen LogP contribution in [0.25, 0.3) is 0 Å². The molecule has 0 radical (unpaired) electrons. The van der Waals surface area contributed by atoms with Crippen LogP contribution in [0.4, 0.5) is 0 Å². The maximum atomic E-state index is 13.2. The fraction of sp³-hybridized carbons (Fsp3) is 0.659. The van der Waals surface area contributed by atoms with Gasteiger partial charge in [0.05, 0.1) is 18.1 Å². The number of carboxylic acid groups (broad SMARTS) is 1. The van der Waals surface area contributed by atoms with E-state index in [-0.39, 0.29) is 36.5 Å². The van der Waals surface area contributed by atoms with E-state index in [0.717, 1.165) is 57.8 Å². The van der Waals surface area contributed by atoms with Gasteiger partial charge in [-0.3, -0.25) is 14.6 Å². The Morgan fingerprint density at radius 3 is 1.77 bits per heavy atom. The SMILES string of the molecule is CC(C)(C)OC[C@H](CC[C@H](CCC(=O)O)CC[C@H](CCCN=C(N)N)CC[C@H](CCCCc1ccccc1)Cc1ccccc1)C(=O)OC(C)(C)C. The third-order valence-corrected chi connectivity index (χ3v) is 9.72. The van der Waals surface area contributed by atoms with Crippen molar-refractivity contribution in [3.8, 4) is 0 Å². The standard InChI is InChI=1S/C44H71N3O5/c1-43(2,3)51-33-39(41(50)52-44(4,5)6)29-27-36(28-30-40(48)49)24-23-35(22-15-31-47-42(45)46)25-26-38(32-37-19-11-8-12-20-37)21-14-13-18-34-16-9-7-10-17-34/h7-12,16-17,19-20,35-36,38-39H,13-15,18,21-33H2,1-6H3,(H,48,49)(H4,45,46,47)/t35-,36+,38-,39-/m0/s1. The molecule has 0 bridgehead atoms. The van der Waals surface area contributed by atoms with Crippen molar-refractivity contribution < 1.29 is 24.2 Å². The molecule has 52 heavy (non-hydrogen) atoms. The van der Waals surface area contributed by atoms with Crippen LogP contribution in [-0.4, -0.2) is 47.4 Å². The van der Waals surface area contributed by atoms with Crippen molar-refractivity contribution in [3.05, 3.63) is 71.8 Å². The zero-order valence-corrected chi connectivity index (χ0v) is 33.3. The van der Waals surface area contributed by atoms with Crippen molar-refractivity contribution in [3.63, 3.8) is 0 Å². The van der Waals surface area contributed by atoms with Crippen molar-refractivity contribution in [2.75, 3.05) is 13.2 Å². The van der Waals surface area contributed by atoms with Crippen molar-refractivity contribution in [1.82, 2.24) is 0 Å². The van der Waals surface area contributed by atoms with Crippen LogP contribution < -0.4 is 11.5 Å². The highest BCUT2D eigenvalue weighted by Gasteiger charge is 2.28. The number of aliphatic imine (C=N–C) groups is 1. The first-order chi connectivity index (χ1) is 24.6. The van der Waals surface area contributed by atoms with Crippen LogP contribution >= 0.6 is 0 Å². The second-order valence-corrected chi connectivity index (χ2v) is 16.8. The third-order valence-electron chi connectivity index (χ3n) is 9.72. The van der Waals surface area contributed by atoms with E-state index in [0.29, 0.717) is 31.2 Å². The number of esters is 1. The molecule has 0 spiro atoms. The summed E-state index contributed by atoms with van der Waals surface area (Å²) in [7, 11) is 0. The summed E-state index contributed by atoms with van der Waals surface area (Å²) in [6, 6.07) is 21.6. The molecule has 2 aromatic rings. The summed E-state index contributed by atoms with van der Waals surface area (Å²) >= 11 is 0. The van der Waals surface area contributed by atoms with Gasteiger partial charge in [0.2, 0.25) is 0 Å². The fourth-order valence-electron chi connectivity index (χ4n) is 6.87.